The van der Waals surface area contributed by atoms with Crippen LogP contribution in [-0.2, 0) is 0 Å². The van der Waals surface area contributed by atoms with E-state index in [0.29, 0.717) is 0 Å². The molecular weight excluding hydrogens is 164 g/mol. The van der Waals surface area contributed by atoms with E-state index in [9.17, 15) is 0 Å². The SMILES string of the molecule is COc1ccc(N2CC(C)C2)nc1. The van der Waals surface area contributed by atoms with Crippen molar-refractivity contribution in [2.75, 3.05) is 25.1 Å². The molecule has 0 aliphatic carbocycles. The molecule has 13 heavy (non-hydrogen) atoms. The Kier molecular flexibility index (Phi) is 2.08. The Morgan fingerprint density at radius 2 is 2.23 bits per heavy atom. The zero-order valence-electron chi connectivity index (χ0n) is 8.03. The van der Waals surface area contributed by atoms with Gasteiger partial charge in [0, 0.05) is 13.1 Å². The second-order valence-corrected chi connectivity index (χ2v) is 3.57. The molecule has 0 bridgehead atoms. The summed E-state index contributed by atoms with van der Waals surface area (Å²) in [5, 5.41) is 0. The average molecular weight is 178 g/mol. The number of pyridine rings is 1. The van der Waals surface area contributed by atoms with E-state index in [1.807, 2.05) is 12.1 Å². The minimum atomic E-state index is 0.809. The fraction of sp³-hybridized carbons (Fsp3) is 0.500. The Morgan fingerprint density at radius 3 is 2.69 bits per heavy atom. The third kappa shape index (κ3) is 1.59. The first-order chi connectivity index (χ1) is 6.29. The van der Waals surface area contributed by atoms with Crippen LogP contribution in [0.1, 0.15) is 6.92 Å². The van der Waals surface area contributed by atoms with Crippen LogP contribution < -0.4 is 9.64 Å². The first-order valence-corrected chi connectivity index (χ1v) is 4.54. The number of aromatic nitrogens is 1. The maximum Gasteiger partial charge on any atom is 0.137 e. The molecule has 1 aliphatic rings. The van der Waals surface area contributed by atoms with Gasteiger partial charge in [-0.3, -0.25) is 0 Å². The van der Waals surface area contributed by atoms with Crippen molar-refractivity contribution in [3.05, 3.63) is 18.3 Å². The van der Waals surface area contributed by atoms with Crippen molar-refractivity contribution in [3.63, 3.8) is 0 Å². The second kappa shape index (κ2) is 3.24. The summed E-state index contributed by atoms with van der Waals surface area (Å²) in [5.74, 6) is 2.68. The van der Waals surface area contributed by atoms with Crippen LogP contribution in [0.15, 0.2) is 18.3 Å². The van der Waals surface area contributed by atoms with E-state index in [2.05, 4.69) is 16.8 Å². The standard InChI is InChI=1S/C10H14N2O/c1-8-6-12(7-8)10-4-3-9(13-2)5-11-10/h3-5,8H,6-7H2,1-2H3. The van der Waals surface area contributed by atoms with Gasteiger partial charge >= 0.3 is 0 Å². The van der Waals surface area contributed by atoms with E-state index in [1.165, 1.54) is 0 Å². The summed E-state index contributed by atoms with van der Waals surface area (Å²) in [5.41, 5.74) is 0. The molecule has 1 aromatic rings. The molecule has 0 unspecified atom stereocenters. The van der Waals surface area contributed by atoms with Gasteiger partial charge < -0.3 is 9.64 Å². The number of rotatable bonds is 2. The number of methoxy groups -OCH3 is 1. The van der Waals surface area contributed by atoms with Gasteiger partial charge in [-0.2, -0.15) is 0 Å². The highest BCUT2D eigenvalue weighted by molar-refractivity contribution is 5.43. The highest BCUT2D eigenvalue weighted by Crippen LogP contribution is 2.23. The molecule has 2 heterocycles. The van der Waals surface area contributed by atoms with Crippen LogP contribution in [-0.4, -0.2) is 25.2 Å². The molecule has 0 spiro atoms. The van der Waals surface area contributed by atoms with Crippen molar-refractivity contribution < 1.29 is 4.74 Å². The normalized spacial score (nSPS) is 16.9. The van der Waals surface area contributed by atoms with Gasteiger partial charge in [0.1, 0.15) is 11.6 Å². The molecule has 0 amide bonds. The fourth-order valence-corrected chi connectivity index (χ4v) is 1.57. The molecule has 0 N–H and O–H groups in total. The van der Waals surface area contributed by atoms with Crippen LogP contribution in [0.5, 0.6) is 5.75 Å². The van der Waals surface area contributed by atoms with Gasteiger partial charge in [-0.05, 0) is 18.1 Å². The third-order valence-electron chi connectivity index (χ3n) is 2.34. The van der Waals surface area contributed by atoms with Crippen molar-refractivity contribution in [1.29, 1.82) is 0 Å². The lowest BCUT2D eigenvalue weighted by Gasteiger charge is -2.38. The minimum Gasteiger partial charge on any atom is -0.495 e. The molecule has 0 atom stereocenters. The van der Waals surface area contributed by atoms with Crippen LogP contribution in [0.2, 0.25) is 0 Å². The smallest absolute Gasteiger partial charge is 0.137 e. The van der Waals surface area contributed by atoms with E-state index < -0.39 is 0 Å². The van der Waals surface area contributed by atoms with E-state index in [4.69, 9.17) is 4.74 Å². The van der Waals surface area contributed by atoms with Crippen molar-refractivity contribution >= 4 is 5.82 Å². The highest BCUT2D eigenvalue weighted by atomic mass is 16.5. The molecule has 3 heteroatoms. The number of hydrogen-bond acceptors (Lipinski definition) is 3. The number of nitrogens with zero attached hydrogens (tertiary/aromatic N) is 2. The Bertz CT molecular complexity index is 277. The van der Waals surface area contributed by atoms with Gasteiger partial charge in [-0.15, -0.1) is 0 Å². The van der Waals surface area contributed by atoms with Gasteiger partial charge in [0.15, 0.2) is 0 Å². The van der Waals surface area contributed by atoms with Gasteiger partial charge in [-0.25, -0.2) is 4.98 Å². The lowest BCUT2D eigenvalue weighted by atomic mass is 10.0. The Labute approximate surface area is 78.3 Å². The van der Waals surface area contributed by atoms with E-state index in [1.54, 1.807) is 13.3 Å². The van der Waals surface area contributed by atoms with Crippen LogP contribution in [0, 0.1) is 5.92 Å². The van der Waals surface area contributed by atoms with Crippen molar-refractivity contribution in [2.45, 2.75) is 6.92 Å². The Hall–Kier alpha value is -1.25. The quantitative estimate of drug-likeness (QED) is 0.687. The summed E-state index contributed by atoms with van der Waals surface area (Å²) < 4.78 is 5.04. The van der Waals surface area contributed by atoms with Gasteiger partial charge in [-0.1, -0.05) is 6.92 Å². The third-order valence-corrected chi connectivity index (χ3v) is 2.34. The van der Waals surface area contributed by atoms with Crippen LogP contribution >= 0.6 is 0 Å². The molecule has 0 aromatic carbocycles. The van der Waals surface area contributed by atoms with Crippen LogP contribution in [0.3, 0.4) is 0 Å². The monoisotopic (exact) mass is 178 g/mol. The lowest BCUT2D eigenvalue weighted by Crippen LogP contribution is -2.45. The first kappa shape index (κ1) is 8.35. The number of hydrogen-bond donors (Lipinski definition) is 0. The second-order valence-electron chi connectivity index (χ2n) is 3.57. The van der Waals surface area contributed by atoms with Crippen molar-refractivity contribution in [3.8, 4) is 5.75 Å². The van der Waals surface area contributed by atoms with Crippen molar-refractivity contribution in [2.24, 2.45) is 5.92 Å². The molecule has 0 saturated carbocycles. The largest absolute Gasteiger partial charge is 0.495 e. The zero-order chi connectivity index (χ0) is 9.26. The molecule has 0 radical (unpaired) electrons. The summed E-state index contributed by atoms with van der Waals surface area (Å²) in [7, 11) is 1.66. The fourth-order valence-electron chi connectivity index (χ4n) is 1.57. The lowest BCUT2D eigenvalue weighted by molar-refractivity contribution is 0.411. The number of anilines is 1. The van der Waals surface area contributed by atoms with E-state index >= 15 is 0 Å². The molecule has 3 nitrogen and oxygen atoms in total. The maximum atomic E-state index is 5.04. The summed E-state index contributed by atoms with van der Waals surface area (Å²) >= 11 is 0. The van der Waals surface area contributed by atoms with Crippen molar-refractivity contribution in [1.82, 2.24) is 4.98 Å². The van der Waals surface area contributed by atoms with E-state index in [0.717, 1.165) is 30.6 Å². The zero-order valence-corrected chi connectivity index (χ0v) is 8.03. The Balaban J connectivity index is 2.06. The number of ether oxygens (including phenoxy) is 1. The first-order valence-electron chi connectivity index (χ1n) is 4.54. The molecule has 1 fully saturated rings. The van der Waals surface area contributed by atoms with Crippen LogP contribution in [0.25, 0.3) is 0 Å². The molecule has 1 aliphatic heterocycles. The van der Waals surface area contributed by atoms with Crippen LogP contribution in [0.4, 0.5) is 5.82 Å². The summed E-state index contributed by atoms with van der Waals surface area (Å²) in [4.78, 5) is 6.57. The summed E-state index contributed by atoms with van der Waals surface area (Å²) in [6.07, 6.45) is 1.76. The minimum absolute atomic E-state index is 0.809. The molecule has 1 aromatic heterocycles. The molecule has 1 saturated heterocycles. The summed E-state index contributed by atoms with van der Waals surface area (Å²) in [6, 6.07) is 3.95. The maximum absolute atomic E-state index is 5.04. The topological polar surface area (TPSA) is 25.4 Å². The predicted octanol–water partition coefficient (Wildman–Crippen LogP) is 1.55. The average Bonchev–Trinajstić information content (AvgIpc) is 2.13. The highest BCUT2D eigenvalue weighted by Gasteiger charge is 2.23. The van der Waals surface area contributed by atoms with Gasteiger partial charge in [0.25, 0.3) is 0 Å². The molecule has 2 rings (SSSR count). The predicted molar refractivity (Wildman–Crippen MR) is 52.2 cm³/mol. The van der Waals surface area contributed by atoms with E-state index in [-0.39, 0.29) is 0 Å². The van der Waals surface area contributed by atoms with Gasteiger partial charge in [0.2, 0.25) is 0 Å². The molecular formula is C10H14N2O. The Morgan fingerprint density at radius 1 is 1.46 bits per heavy atom. The molecule has 70 valence electrons. The van der Waals surface area contributed by atoms with Gasteiger partial charge in [0.05, 0.1) is 13.3 Å². The summed E-state index contributed by atoms with van der Waals surface area (Å²) in [6.45, 7) is 4.50.